The normalized spacial score (nSPS) is 17.9. The molecule has 3 aromatic rings. The largest absolute Gasteiger partial charge is 0.392 e. The van der Waals surface area contributed by atoms with E-state index in [1.165, 1.54) is 12.1 Å². The van der Waals surface area contributed by atoms with Crippen LogP contribution in [0.15, 0.2) is 48.8 Å². The number of nitrogens with zero attached hydrogens (tertiary/aromatic N) is 5. The summed E-state index contributed by atoms with van der Waals surface area (Å²) in [6.45, 7) is 2.72. The molecule has 1 aromatic carbocycles. The van der Waals surface area contributed by atoms with E-state index >= 15 is 0 Å². The molecule has 2 aromatic heterocycles. The van der Waals surface area contributed by atoms with E-state index in [2.05, 4.69) is 15.0 Å². The number of piperidine rings is 1. The predicted octanol–water partition coefficient (Wildman–Crippen LogP) is 2.48. The van der Waals surface area contributed by atoms with Crippen molar-refractivity contribution < 1.29 is 9.50 Å². The van der Waals surface area contributed by atoms with Gasteiger partial charge in [0.25, 0.3) is 0 Å². The lowest BCUT2D eigenvalue weighted by Crippen LogP contribution is -2.38. The third-order valence-electron chi connectivity index (χ3n) is 4.78. The van der Waals surface area contributed by atoms with Crippen molar-refractivity contribution in [1.29, 1.82) is 0 Å². The molecule has 0 unspecified atom stereocenters. The van der Waals surface area contributed by atoms with Crippen LogP contribution in [0.1, 0.15) is 24.2 Å². The first-order chi connectivity index (χ1) is 13.2. The van der Waals surface area contributed by atoms with E-state index in [0.29, 0.717) is 25.5 Å². The highest BCUT2D eigenvalue weighted by atomic mass is 19.1. The lowest BCUT2D eigenvalue weighted by atomic mass is 10.1. The van der Waals surface area contributed by atoms with Crippen LogP contribution in [0.2, 0.25) is 0 Å². The summed E-state index contributed by atoms with van der Waals surface area (Å²) in [6, 6.07) is 10.2. The maximum Gasteiger partial charge on any atom is 0.181 e. The molecule has 1 atom stereocenters. The molecule has 27 heavy (non-hydrogen) atoms. The second-order valence-corrected chi connectivity index (χ2v) is 6.90. The Balaban J connectivity index is 1.62. The Bertz CT molecular complexity index is 881. The molecule has 140 valence electrons. The number of benzene rings is 1. The third-order valence-corrected chi connectivity index (χ3v) is 4.78. The lowest BCUT2D eigenvalue weighted by Gasteiger charge is -2.29. The van der Waals surface area contributed by atoms with Crippen LogP contribution in [0.3, 0.4) is 0 Å². The summed E-state index contributed by atoms with van der Waals surface area (Å²) in [5.41, 5.74) is 1.87. The zero-order valence-corrected chi connectivity index (χ0v) is 15.0. The summed E-state index contributed by atoms with van der Waals surface area (Å²) in [4.78, 5) is 11.0. The molecule has 1 aliphatic rings. The quantitative estimate of drug-likeness (QED) is 0.750. The number of likely N-dealkylation sites (tertiary alicyclic amines) is 1. The molecular formula is C20H22FN5O. The number of halogens is 1. The Morgan fingerprint density at radius 3 is 2.59 bits per heavy atom. The van der Waals surface area contributed by atoms with Crippen molar-refractivity contribution in [1.82, 2.24) is 24.6 Å². The minimum atomic E-state index is -0.285. The average molecular weight is 367 g/mol. The summed E-state index contributed by atoms with van der Waals surface area (Å²) < 4.78 is 15.1. The van der Waals surface area contributed by atoms with Crippen molar-refractivity contribution in [3.63, 3.8) is 0 Å². The summed E-state index contributed by atoms with van der Waals surface area (Å²) >= 11 is 0. The Morgan fingerprint density at radius 1 is 1.07 bits per heavy atom. The fourth-order valence-electron chi connectivity index (χ4n) is 3.38. The van der Waals surface area contributed by atoms with E-state index in [1.807, 2.05) is 16.8 Å². The Hall–Kier alpha value is -2.64. The molecule has 7 heteroatoms. The molecule has 1 saturated heterocycles. The maximum atomic E-state index is 13.2. The van der Waals surface area contributed by atoms with Crippen molar-refractivity contribution in [2.45, 2.75) is 32.0 Å². The van der Waals surface area contributed by atoms with Gasteiger partial charge in [-0.25, -0.2) is 14.1 Å². The Labute approximate surface area is 157 Å². The standard InChI is InChI=1S/C20H22FN5O/c21-17-5-3-15(4-6-17)12-26-19(14-25-11-1-2-18(27)13-25)23-20(24-26)16-7-9-22-10-8-16/h3-10,18,27H,1-2,11-14H2/t18-/m0/s1. The molecule has 0 spiro atoms. The van der Waals surface area contributed by atoms with Gasteiger partial charge < -0.3 is 5.11 Å². The van der Waals surface area contributed by atoms with E-state index in [9.17, 15) is 9.50 Å². The third kappa shape index (κ3) is 4.37. The topological polar surface area (TPSA) is 67.1 Å². The summed E-state index contributed by atoms with van der Waals surface area (Å²) in [5, 5.41) is 14.6. The number of rotatable bonds is 5. The summed E-state index contributed by atoms with van der Waals surface area (Å²) in [6.07, 6.45) is 4.98. The van der Waals surface area contributed by atoms with Crippen LogP contribution in [0.4, 0.5) is 4.39 Å². The molecule has 0 amide bonds. The van der Waals surface area contributed by atoms with Gasteiger partial charge in [-0.1, -0.05) is 12.1 Å². The van der Waals surface area contributed by atoms with E-state index in [0.717, 1.165) is 36.3 Å². The first-order valence-corrected chi connectivity index (χ1v) is 9.16. The summed E-state index contributed by atoms with van der Waals surface area (Å²) in [7, 11) is 0. The highest BCUT2D eigenvalue weighted by molar-refractivity contribution is 5.53. The van der Waals surface area contributed by atoms with Gasteiger partial charge in [-0.05, 0) is 49.2 Å². The highest BCUT2D eigenvalue weighted by Gasteiger charge is 2.21. The van der Waals surface area contributed by atoms with Gasteiger partial charge in [0, 0.05) is 24.5 Å². The Morgan fingerprint density at radius 2 is 1.85 bits per heavy atom. The molecule has 1 fully saturated rings. The number of aliphatic hydroxyl groups excluding tert-OH is 1. The van der Waals surface area contributed by atoms with Gasteiger partial charge in [0.2, 0.25) is 0 Å². The van der Waals surface area contributed by atoms with Gasteiger partial charge in [0.1, 0.15) is 11.6 Å². The molecule has 0 bridgehead atoms. The van der Waals surface area contributed by atoms with E-state index < -0.39 is 0 Å². The molecule has 0 aliphatic carbocycles. The van der Waals surface area contributed by atoms with Crippen molar-refractivity contribution >= 4 is 0 Å². The van der Waals surface area contributed by atoms with Crippen LogP contribution in [-0.2, 0) is 13.1 Å². The van der Waals surface area contributed by atoms with Gasteiger partial charge in [-0.15, -0.1) is 0 Å². The Kier molecular flexibility index (Phi) is 5.22. The first kappa shape index (κ1) is 17.8. The predicted molar refractivity (Wildman–Crippen MR) is 99.3 cm³/mol. The van der Waals surface area contributed by atoms with Crippen molar-refractivity contribution in [2.24, 2.45) is 0 Å². The van der Waals surface area contributed by atoms with Crippen LogP contribution in [-0.4, -0.2) is 48.9 Å². The number of hydrogen-bond donors (Lipinski definition) is 1. The van der Waals surface area contributed by atoms with Crippen molar-refractivity contribution in [3.05, 3.63) is 66.0 Å². The molecule has 6 nitrogen and oxygen atoms in total. The lowest BCUT2D eigenvalue weighted by molar-refractivity contribution is 0.0648. The van der Waals surface area contributed by atoms with E-state index in [1.54, 1.807) is 24.5 Å². The van der Waals surface area contributed by atoms with E-state index in [-0.39, 0.29) is 11.9 Å². The molecule has 1 N–H and O–H groups in total. The van der Waals surface area contributed by atoms with Crippen LogP contribution < -0.4 is 0 Å². The SMILES string of the molecule is O[C@H]1CCCN(Cc2nc(-c3ccncc3)nn2Cc2ccc(F)cc2)C1. The van der Waals surface area contributed by atoms with Crippen LogP contribution in [0.5, 0.6) is 0 Å². The smallest absolute Gasteiger partial charge is 0.181 e. The van der Waals surface area contributed by atoms with Crippen LogP contribution >= 0.6 is 0 Å². The number of pyridine rings is 1. The first-order valence-electron chi connectivity index (χ1n) is 9.16. The van der Waals surface area contributed by atoms with Gasteiger partial charge in [-0.2, -0.15) is 5.10 Å². The molecule has 3 heterocycles. The highest BCUT2D eigenvalue weighted by Crippen LogP contribution is 2.18. The van der Waals surface area contributed by atoms with Gasteiger partial charge in [-0.3, -0.25) is 9.88 Å². The molecule has 4 rings (SSSR count). The van der Waals surface area contributed by atoms with E-state index in [4.69, 9.17) is 4.98 Å². The minimum Gasteiger partial charge on any atom is -0.392 e. The van der Waals surface area contributed by atoms with Crippen molar-refractivity contribution in [3.8, 4) is 11.4 Å². The van der Waals surface area contributed by atoms with Crippen molar-refractivity contribution in [2.75, 3.05) is 13.1 Å². The average Bonchev–Trinajstić information content (AvgIpc) is 3.07. The monoisotopic (exact) mass is 367 g/mol. The summed E-state index contributed by atoms with van der Waals surface area (Å²) in [5.74, 6) is 1.23. The fraction of sp³-hybridized carbons (Fsp3) is 0.350. The fourth-order valence-corrected chi connectivity index (χ4v) is 3.38. The molecule has 0 saturated carbocycles. The zero-order chi connectivity index (χ0) is 18.6. The van der Waals surface area contributed by atoms with Crippen LogP contribution in [0, 0.1) is 5.82 Å². The molecular weight excluding hydrogens is 345 g/mol. The number of hydrogen-bond acceptors (Lipinski definition) is 5. The number of aliphatic hydroxyl groups is 1. The number of β-amino-alcohol motifs (C(OH)–C–C–N with tert-alkyl or cyclic N) is 1. The number of aromatic nitrogens is 4. The van der Waals surface area contributed by atoms with Gasteiger partial charge in [0.05, 0.1) is 19.2 Å². The molecule has 0 radical (unpaired) electrons. The second kappa shape index (κ2) is 7.94. The van der Waals surface area contributed by atoms with Gasteiger partial charge in [0.15, 0.2) is 5.82 Å². The molecule has 1 aliphatic heterocycles. The minimum absolute atomic E-state index is 0.252. The second-order valence-electron chi connectivity index (χ2n) is 6.90. The van der Waals surface area contributed by atoms with Gasteiger partial charge >= 0.3 is 0 Å². The maximum absolute atomic E-state index is 13.2. The van der Waals surface area contributed by atoms with Crippen LogP contribution in [0.25, 0.3) is 11.4 Å². The zero-order valence-electron chi connectivity index (χ0n) is 15.0.